The van der Waals surface area contributed by atoms with E-state index < -0.39 is 0 Å². The third-order valence-corrected chi connectivity index (χ3v) is 4.17. The maximum Gasteiger partial charge on any atom is 0.237 e. The van der Waals surface area contributed by atoms with Crippen molar-refractivity contribution in [2.75, 3.05) is 6.54 Å². The molecule has 24 heavy (non-hydrogen) atoms. The van der Waals surface area contributed by atoms with Crippen molar-refractivity contribution in [2.24, 2.45) is 0 Å². The SMILES string of the molecule is O=C1NCCCC[C@@H]1NCc1ccc(OCc2ccncc2)cc1. The van der Waals surface area contributed by atoms with Gasteiger partial charge in [0.25, 0.3) is 0 Å². The highest BCUT2D eigenvalue weighted by atomic mass is 16.5. The first kappa shape index (κ1) is 16.5. The molecule has 1 fully saturated rings. The highest BCUT2D eigenvalue weighted by molar-refractivity contribution is 5.81. The van der Waals surface area contributed by atoms with E-state index in [1.54, 1.807) is 12.4 Å². The van der Waals surface area contributed by atoms with E-state index in [0.717, 1.165) is 42.7 Å². The lowest BCUT2D eigenvalue weighted by Gasteiger charge is -2.15. The van der Waals surface area contributed by atoms with Crippen LogP contribution in [0.15, 0.2) is 48.8 Å². The number of hydrogen-bond acceptors (Lipinski definition) is 4. The molecule has 1 atom stereocenters. The van der Waals surface area contributed by atoms with Crippen molar-refractivity contribution in [2.45, 2.75) is 38.5 Å². The summed E-state index contributed by atoms with van der Waals surface area (Å²) >= 11 is 0. The molecule has 126 valence electrons. The van der Waals surface area contributed by atoms with Crippen molar-refractivity contribution >= 4 is 5.91 Å². The summed E-state index contributed by atoms with van der Waals surface area (Å²) in [5.74, 6) is 0.951. The fraction of sp³-hybridized carbons (Fsp3) is 0.368. The summed E-state index contributed by atoms with van der Waals surface area (Å²) in [6, 6.07) is 11.8. The Balaban J connectivity index is 1.48. The van der Waals surface area contributed by atoms with Crippen LogP contribution in [0.3, 0.4) is 0 Å². The molecule has 1 aromatic heterocycles. The monoisotopic (exact) mass is 325 g/mol. The summed E-state index contributed by atoms with van der Waals surface area (Å²) < 4.78 is 5.76. The van der Waals surface area contributed by atoms with E-state index in [4.69, 9.17) is 4.74 Å². The first-order chi connectivity index (χ1) is 11.8. The van der Waals surface area contributed by atoms with Crippen LogP contribution in [0.2, 0.25) is 0 Å². The van der Waals surface area contributed by atoms with Crippen LogP contribution in [-0.2, 0) is 17.9 Å². The Bertz CT molecular complexity index is 643. The molecule has 0 bridgehead atoms. The van der Waals surface area contributed by atoms with Gasteiger partial charge in [-0.05, 0) is 54.7 Å². The zero-order valence-electron chi connectivity index (χ0n) is 13.7. The number of rotatable bonds is 6. The maximum absolute atomic E-state index is 11.9. The van der Waals surface area contributed by atoms with Crippen LogP contribution in [-0.4, -0.2) is 23.5 Å². The van der Waals surface area contributed by atoms with E-state index in [1.165, 1.54) is 0 Å². The van der Waals surface area contributed by atoms with E-state index in [-0.39, 0.29) is 11.9 Å². The molecule has 0 spiro atoms. The van der Waals surface area contributed by atoms with Gasteiger partial charge in [-0.3, -0.25) is 9.78 Å². The Morgan fingerprint density at radius 1 is 1.08 bits per heavy atom. The lowest BCUT2D eigenvalue weighted by molar-refractivity contribution is -0.122. The molecule has 1 aliphatic rings. The fourth-order valence-corrected chi connectivity index (χ4v) is 2.72. The predicted molar refractivity (Wildman–Crippen MR) is 92.5 cm³/mol. The van der Waals surface area contributed by atoms with Crippen molar-refractivity contribution in [1.29, 1.82) is 0 Å². The molecule has 1 saturated heterocycles. The molecule has 0 unspecified atom stereocenters. The molecule has 3 rings (SSSR count). The topological polar surface area (TPSA) is 63.2 Å². The molecule has 0 aliphatic carbocycles. The van der Waals surface area contributed by atoms with Crippen molar-refractivity contribution in [3.05, 3.63) is 59.9 Å². The molecule has 0 saturated carbocycles. The van der Waals surface area contributed by atoms with Crippen LogP contribution in [0.4, 0.5) is 0 Å². The minimum Gasteiger partial charge on any atom is -0.489 e. The quantitative estimate of drug-likeness (QED) is 0.856. The molecule has 5 nitrogen and oxygen atoms in total. The number of aromatic nitrogens is 1. The summed E-state index contributed by atoms with van der Waals surface area (Å²) in [5.41, 5.74) is 2.23. The Morgan fingerprint density at radius 2 is 1.88 bits per heavy atom. The Morgan fingerprint density at radius 3 is 2.67 bits per heavy atom. The van der Waals surface area contributed by atoms with Crippen molar-refractivity contribution in [1.82, 2.24) is 15.6 Å². The Hall–Kier alpha value is -2.40. The Kier molecular flexibility index (Phi) is 5.80. The number of carbonyl (C=O) groups excluding carboxylic acids is 1. The fourth-order valence-electron chi connectivity index (χ4n) is 2.72. The van der Waals surface area contributed by atoms with Gasteiger partial charge >= 0.3 is 0 Å². The molecule has 5 heteroatoms. The summed E-state index contributed by atoms with van der Waals surface area (Å²) in [7, 11) is 0. The highest BCUT2D eigenvalue weighted by Gasteiger charge is 2.19. The van der Waals surface area contributed by atoms with Gasteiger partial charge in [-0.15, -0.1) is 0 Å². The van der Waals surface area contributed by atoms with Crippen LogP contribution in [0.25, 0.3) is 0 Å². The second-order valence-corrected chi connectivity index (χ2v) is 6.01. The number of nitrogens with zero attached hydrogens (tertiary/aromatic N) is 1. The zero-order chi connectivity index (χ0) is 16.6. The van der Waals surface area contributed by atoms with Gasteiger partial charge < -0.3 is 15.4 Å². The van der Waals surface area contributed by atoms with Crippen LogP contribution in [0, 0.1) is 0 Å². The molecule has 2 aromatic rings. The van der Waals surface area contributed by atoms with Crippen LogP contribution in [0.1, 0.15) is 30.4 Å². The van der Waals surface area contributed by atoms with E-state index in [9.17, 15) is 4.79 Å². The number of ether oxygens (including phenoxy) is 1. The smallest absolute Gasteiger partial charge is 0.237 e. The minimum atomic E-state index is -0.0879. The van der Waals surface area contributed by atoms with Gasteiger partial charge in [0.05, 0.1) is 6.04 Å². The van der Waals surface area contributed by atoms with Crippen molar-refractivity contribution in [3.63, 3.8) is 0 Å². The molecule has 1 aliphatic heterocycles. The lowest BCUT2D eigenvalue weighted by atomic mass is 10.1. The average Bonchev–Trinajstić information content (AvgIpc) is 2.84. The van der Waals surface area contributed by atoms with Gasteiger partial charge in [-0.25, -0.2) is 0 Å². The van der Waals surface area contributed by atoms with Gasteiger partial charge in [0.1, 0.15) is 12.4 Å². The van der Waals surface area contributed by atoms with Gasteiger partial charge in [-0.1, -0.05) is 12.1 Å². The average molecular weight is 325 g/mol. The normalized spacial score (nSPS) is 17.8. The summed E-state index contributed by atoms with van der Waals surface area (Å²) in [6.07, 6.45) is 6.57. The summed E-state index contributed by atoms with van der Waals surface area (Å²) in [4.78, 5) is 15.9. The van der Waals surface area contributed by atoms with E-state index in [1.807, 2.05) is 36.4 Å². The van der Waals surface area contributed by atoms with Gasteiger partial charge in [0.2, 0.25) is 5.91 Å². The summed E-state index contributed by atoms with van der Waals surface area (Å²) in [5, 5.41) is 6.29. The second kappa shape index (κ2) is 8.45. The minimum absolute atomic E-state index is 0.0879. The van der Waals surface area contributed by atoms with Crippen LogP contribution < -0.4 is 15.4 Å². The third-order valence-electron chi connectivity index (χ3n) is 4.17. The predicted octanol–water partition coefficient (Wildman–Crippen LogP) is 2.42. The zero-order valence-corrected chi connectivity index (χ0v) is 13.7. The van der Waals surface area contributed by atoms with Gasteiger partial charge in [0.15, 0.2) is 0 Å². The largest absolute Gasteiger partial charge is 0.489 e. The van der Waals surface area contributed by atoms with E-state index in [2.05, 4.69) is 15.6 Å². The maximum atomic E-state index is 11.9. The molecule has 2 heterocycles. The first-order valence-corrected chi connectivity index (χ1v) is 8.43. The van der Waals surface area contributed by atoms with Crippen molar-refractivity contribution < 1.29 is 9.53 Å². The molecular formula is C19H23N3O2. The number of nitrogens with one attached hydrogen (secondary N) is 2. The summed E-state index contributed by atoms with van der Waals surface area (Å²) in [6.45, 7) is 2.01. The van der Waals surface area contributed by atoms with E-state index >= 15 is 0 Å². The second-order valence-electron chi connectivity index (χ2n) is 6.01. The molecule has 1 aromatic carbocycles. The van der Waals surface area contributed by atoms with Gasteiger partial charge in [0, 0.05) is 25.5 Å². The highest BCUT2D eigenvalue weighted by Crippen LogP contribution is 2.14. The number of benzene rings is 1. The van der Waals surface area contributed by atoms with Crippen molar-refractivity contribution in [3.8, 4) is 5.75 Å². The number of hydrogen-bond donors (Lipinski definition) is 2. The van der Waals surface area contributed by atoms with Gasteiger partial charge in [-0.2, -0.15) is 0 Å². The molecular weight excluding hydrogens is 302 g/mol. The lowest BCUT2D eigenvalue weighted by Crippen LogP contribution is -2.42. The molecule has 2 N–H and O–H groups in total. The number of pyridine rings is 1. The van der Waals surface area contributed by atoms with Crippen LogP contribution in [0.5, 0.6) is 5.75 Å². The van der Waals surface area contributed by atoms with Crippen LogP contribution >= 0.6 is 0 Å². The van der Waals surface area contributed by atoms with E-state index in [0.29, 0.717) is 13.2 Å². The first-order valence-electron chi connectivity index (χ1n) is 8.43. The number of carbonyl (C=O) groups is 1. The Labute approximate surface area is 142 Å². The standard InChI is InChI=1S/C19H23N3O2/c23-19-18(3-1-2-10-21-19)22-13-15-4-6-17(7-5-15)24-14-16-8-11-20-12-9-16/h4-9,11-12,18,22H,1-3,10,13-14H2,(H,21,23)/t18-/m0/s1. The molecule has 1 amide bonds. The number of amides is 1. The third kappa shape index (κ3) is 4.80. The molecule has 0 radical (unpaired) electrons.